The zero-order valence-electron chi connectivity index (χ0n) is 17.6. The van der Waals surface area contributed by atoms with E-state index in [4.69, 9.17) is 4.74 Å². The van der Waals surface area contributed by atoms with E-state index in [0.29, 0.717) is 0 Å². The summed E-state index contributed by atoms with van der Waals surface area (Å²) in [5.74, 6) is 1.10. The number of para-hydroxylation sites is 1. The van der Waals surface area contributed by atoms with Crippen LogP contribution in [0.2, 0.25) is 0 Å². The maximum Gasteiger partial charge on any atom is 0.110 e. The standard InChI is InChI=1S/C28H27NO/c1-28(19-11-17-22(27(28)30-2)20-12-5-3-6-13-20)25-23-16-9-10-18-24(23)29-26(25)21-14-7-4-8-15-21/h3-10,12-16,18,29H,11,17,19H2,1-2H3. The topological polar surface area (TPSA) is 25.0 Å². The number of fused-ring (bicyclic) bond motifs is 1. The SMILES string of the molecule is COC1=C(c2ccccc2)CCCC1(C)c1c(-c2ccccc2)[nH]c2ccccc12. The second-order valence-corrected chi connectivity index (χ2v) is 8.35. The average molecular weight is 394 g/mol. The zero-order chi connectivity index (χ0) is 20.6. The third kappa shape index (κ3) is 2.95. The number of methoxy groups -OCH3 is 1. The molecule has 1 aromatic heterocycles. The van der Waals surface area contributed by atoms with Crippen LogP contribution in [0.4, 0.5) is 0 Å². The summed E-state index contributed by atoms with van der Waals surface area (Å²) in [6, 6.07) is 30.0. The highest BCUT2D eigenvalue weighted by atomic mass is 16.5. The molecule has 1 aliphatic rings. The van der Waals surface area contributed by atoms with Gasteiger partial charge in [0.05, 0.1) is 18.2 Å². The Labute approximate surface area is 178 Å². The third-order valence-electron chi connectivity index (χ3n) is 6.53. The number of nitrogens with one attached hydrogen (secondary N) is 1. The molecule has 2 nitrogen and oxygen atoms in total. The lowest BCUT2D eigenvalue weighted by Gasteiger charge is -2.38. The van der Waals surface area contributed by atoms with E-state index in [9.17, 15) is 0 Å². The van der Waals surface area contributed by atoms with Crippen molar-refractivity contribution in [3.8, 4) is 11.3 Å². The minimum Gasteiger partial charge on any atom is -0.500 e. The maximum absolute atomic E-state index is 6.20. The molecule has 1 N–H and O–H groups in total. The van der Waals surface area contributed by atoms with Crippen LogP contribution < -0.4 is 0 Å². The van der Waals surface area contributed by atoms with Crippen LogP contribution in [0.15, 0.2) is 90.7 Å². The van der Waals surface area contributed by atoms with Crippen LogP contribution in [0.3, 0.4) is 0 Å². The van der Waals surface area contributed by atoms with Crippen molar-refractivity contribution in [3.05, 3.63) is 102 Å². The average Bonchev–Trinajstić information content (AvgIpc) is 3.20. The van der Waals surface area contributed by atoms with Gasteiger partial charge in [0.15, 0.2) is 0 Å². The zero-order valence-corrected chi connectivity index (χ0v) is 17.6. The van der Waals surface area contributed by atoms with Crippen LogP contribution in [-0.2, 0) is 10.2 Å². The molecule has 1 atom stereocenters. The number of H-pyrrole nitrogens is 1. The number of benzene rings is 3. The van der Waals surface area contributed by atoms with Crippen molar-refractivity contribution in [2.24, 2.45) is 0 Å². The van der Waals surface area contributed by atoms with Gasteiger partial charge in [0.2, 0.25) is 0 Å². The normalized spacial score (nSPS) is 19.3. The summed E-state index contributed by atoms with van der Waals surface area (Å²) in [5, 5.41) is 1.28. The van der Waals surface area contributed by atoms with Crippen LogP contribution in [0.1, 0.15) is 37.3 Å². The van der Waals surface area contributed by atoms with E-state index in [2.05, 4.69) is 96.8 Å². The number of hydrogen-bond donors (Lipinski definition) is 1. The molecule has 30 heavy (non-hydrogen) atoms. The summed E-state index contributed by atoms with van der Waals surface area (Å²) < 4.78 is 6.20. The van der Waals surface area contributed by atoms with E-state index in [1.165, 1.54) is 38.9 Å². The van der Waals surface area contributed by atoms with Gasteiger partial charge in [0.25, 0.3) is 0 Å². The van der Waals surface area contributed by atoms with E-state index in [-0.39, 0.29) is 5.41 Å². The lowest BCUT2D eigenvalue weighted by molar-refractivity contribution is 0.213. The molecule has 0 fully saturated rings. The Bertz CT molecular complexity index is 1200. The molecule has 1 unspecified atom stereocenters. The molecule has 0 aliphatic heterocycles. The molecule has 3 aromatic carbocycles. The van der Waals surface area contributed by atoms with Gasteiger partial charge in [0, 0.05) is 10.9 Å². The molecule has 1 aliphatic carbocycles. The van der Waals surface area contributed by atoms with Gasteiger partial charge in [-0.2, -0.15) is 0 Å². The van der Waals surface area contributed by atoms with Crippen molar-refractivity contribution >= 4 is 16.5 Å². The van der Waals surface area contributed by atoms with E-state index >= 15 is 0 Å². The number of rotatable bonds is 4. The Morgan fingerprint density at radius 2 is 1.43 bits per heavy atom. The molecule has 2 heteroatoms. The van der Waals surface area contributed by atoms with Crippen molar-refractivity contribution in [2.45, 2.75) is 31.6 Å². The largest absolute Gasteiger partial charge is 0.500 e. The second-order valence-electron chi connectivity index (χ2n) is 8.35. The summed E-state index contributed by atoms with van der Waals surface area (Å²) >= 11 is 0. The minimum absolute atomic E-state index is 0.205. The van der Waals surface area contributed by atoms with Crippen LogP contribution >= 0.6 is 0 Å². The van der Waals surface area contributed by atoms with E-state index in [1.54, 1.807) is 0 Å². The fourth-order valence-electron chi connectivity index (χ4n) is 5.22. The van der Waals surface area contributed by atoms with Gasteiger partial charge < -0.3 is 9.72 Å². The fourth-order valence-corrected chi connectivity index (χ4v) is 5.22. The van der Waals surface area contributed by atoms with Crippen LogP contribution in [-0.4, -0.2) is 12.1 Å². The number of ether oxygens (including phenoxy) is 1. The molecule has 4 aromatic rings. The molecule has 0 saturated heterocycles. The molecular formula is C28H27NO. The number of allylic oxidation sites excluding steroid dienone is 2. The first-order valence-electron chi connectivity index (χ1n) is 10.7. The Balaban J connectivity index is 1.81. The Kier molecular flexibility index (Phi) is 4.71. The Hall–Kier alpha value is -3.26. The number of hydrogen-bond acceptors (Lipinski definition) is 1. The first-order valence-corrected chi connectivity index (χ1v) is 10.7. The quantitative estimate of drug-likeness (QED) is 0.386. The second kappa shape index (κ2) is 7.53. The lowest BCUT2D eigenvalue weighted by Crippen LogP contribution is -2.30. The fraction of sp³-hybridized carbons (Fsp3) is 0.214. The van der Waals surface area contributed by atoms with Crippen LogP contribution in [0.5, 0.6) is 0 Å². The van der Waals surface area contributed by atoms with Crippen LogP contribution in [0.25, 0.3) is 27.7 Å². The van der Waals surface area contributed by atoms with Gasteiger partial charge in [-0.1, -0.05) is 78.9 Å². The smallest absolute Gasteiger partial charge is 0.110 e. The first kappa shape index (κ1) is 18.7. The summed E-state index contributed by atoms with van der Waals surface area (Å²) in [6.07, 6.45) is 3.25. The number of aromatic nitrogens is 1. The molecule has 0 saturated carbocycles. The summed E-state index contributed by atoms with van der Waals surface area (Å²) in [6.45, 7) is 2.36. The molecule has 0 radical (unpaired) electrons. The highest BCUT2D eigenvalue weighted by molar-refractivity contribution is 5.93. The first-order chi connectivity index (χ1) is 14.7. The molecular weight excluding hydrogens is 366 g/mol. The monoisotopic (exact) mass is 393 g/mol. The molecule has 0 spiro atoms. The maximum atomic E-state index is 6.20. The molecule has 1 heterocycles. The van der Waals surface area contributed by atoms with Gasteiger partial charge in [0.1, 0.15) is 5.76 Å². The van der Waals surface area contributed by atoms with Gasteiger partial charge in [-0.25, -0.2) is 0 Å². The van der Waals surface area contributed by atoms with Gasteiger partial charge in [-0.15, -0.1) is 0 Å². The summed E-state index contributed by atoms with van der Waals surface area (Å²) in [7, 11) is 1.83. The molecule has 150 valence electrons. The van der Waals surface area contributed by atoms with E-state index in [1.807, 2.05) is 7.11 Å². The summed E-state index contributed by atoms with van der Waals surface area (Å²) in [5.41, 5.74) is 7.32. The predicted octanol–water partition coefficient (Wildman–Crippen LogP) is 7.33. The Morgan fingerprint density at radius 3 is 2.13 bits per heavy atom. The van der Waals surface area contributed by atoms with Gasteiger partial charge in [-0.05, 0) is 54.5 Å². The van der Waals surface area contributed by atoms with Crippen molar-refractivity contribution in [1.82, 2.24) is 4.98 Å². The minimum atomic E-state index is -0.205. The van der Waals surface area contributed by atoms with Crippen molar-refractivity contribution in [2.75, 3.05) is 7.11 Å². The van der Waals surface area contributed by atoms with Crippen LogP contribution in [0, 0.1) is 0 Å². The third-order valence-corrected chi connectivity index (χ3v) is 6.53. The Morgan fingerprint density at radius 1 is 0.800 bits per heavy atom. The van der Waals surface area contributed by atoms with Crippen molar-refractivity contribution < 1.29 is 4.74 Å². The van der Waals surface area contributed by atoms with Crippen molar-refractivity contribution in [1.29, 1.82) is 0 Å². The molecule has 0 bridgehead atoms. The number of aromatic amines is 1. The highest BCUT2D eigenvalue weighted by Gasteiger charge is 2.41. The van der Waals surface area contributed by atoms with Crippen molar-refractivity contribution in [3.63, 3.8) is 0 Å². The van der Waals surface area contributed by atoms with Gasteiger partial charge >= 0.3 is 0 Å². The van der Waals surface area contributed by atoms with Gasteiger partial charge in [-0.3, -0.25) is 0 Å². The highest BCUT2D eigenvalue weighted by Crippen LogP contribution is 2.51. The van der Waals surface area contributed by atoms with E-state index in [0.717, 1.165) is 25.0 Å². The predicted molar refractivity (Wildman–Crippen MR) is 125 cm³/mol. The molecule has 0 amide bonds. The summed E-state index contributed by atoms with van der Waals surface area (Å²) in [4.78, 5) is 3.72. The lowest BCUT2D eigenvalue weighted by atomic mass is 9.69. The molecule has 5 rings (SSSR count). The van der Waals surface area contributed by atoms with E-state index < -0.39 is 0 Å².